The second-order valence-corrected chi connectivity index (χ2v) is 8.29. The van der Waals surface area contributed by atoms with Crippen molar-refractivity contribution in [3.05, 3.63) is 58.3 Å². The first-order valence-electron chi connectivity index (χ1n) is 9.80. The van der Waals surface area contributed by atoms with Gasteiger partial charge in [0.15, 0.2) is 0 Å². The summed E-state index contributed by atoms with van der Waals surface area (Å²) in [5.74, 6) is -0.272. The van der Waals surface area contributed by atoms with Crippen LogP contribution in [0.15, 0.2) is 41.1 Å². The molecule has 0 atom stereocenters. The smallest absolute Gasteiger partial charge is 0.143 e. The molecule has 2 aromatic heterocycles. The van der Waals surface area contributed by atoms with Crippen LogP contribution in [0.4, 0.5) is 10.1 Å². The maximum Gasteiger partial charge on any atom is 0.143 e. The quantitative estimate of drug-likeness (QED) is 0.737. The third-order valence-electron chi connectivity index (χ3n) is 5.44. The Morgan fingerprint density at radius 3 is 2.79 bits per heavy atom. The zero-order chi connectivity index (χ0) is 19.3. The lowest BCUT2D eigenvalue weighted by atomic mass is 10.0. The van der Waals surface area contributed by atoms with Crippen LogP contribution in [0.1, 0.15) is 24.2 Å². The Morgan fingerprint density at radius 2 is 2.00 bits per heavy atom. The van der Waals surface area contributed by atoms with Crippen molar-refractivity contribution in [1.82, 2.24) is 20.2 Å². The maximum atomic E-state index is 13.6. The molecule has 2 aliphatic heterocycles. The van der Waals surface area contributed by atoms with Gasteiger partial charge in [0.1, 0.15) is 5.82 Å². The molecule has 5 nitrogen and oxygen atoms in total. The van der Waals surface area contributed by atoms with Crippen LogP contribution < -0.4 is 10.2 Å². The minimum absolute atomic E-state index is 0.272. The zero-order valence-corrected chi connectivity index (χ0v) is 17.4. The fourth-order valence-corrected chi connectivity index (χ4v) is 4.04. The fraction of sp³-hybridized carbons (Fsp3) is 0.429. The molecule has 1 saturated heterocycles. The monoisotopic (exact) mass is 445 g/mol. The predicted molar refractivity (Wildman–Crippen MR) is 114 cm³/mol. The number of piperidine rings is 1. The largest absolute Gasteiger partial charge is 0.365 e. The van der Waals surface area contributed by atoms with Crippen LogP contribution in [-0.2, 0) is 6.54 Å². The Kier molecular flexibility index (Phi) is 6.34. The molecule has 28 heavy (non-hydrogen) atoms. The lowest BCUT2D eigenvalue weighted by Gasteiger charge is -2.35. The van der Waals surface area contributed by atoms with Crippen LogP contribution in [0, 0.1) is 5.82 Å². The first kappa shape index (κ1) is 19.5. The second kappa shape index (κ2) is 9.11. The number of anilines is 1. The average Bonchev–Trinajstić information content (AvgIpc) is 2.72. The van der Waals surface area contributed by atoms with E-state index < -0.39 is 0 Å². The molecule has 1 N–H and O–H groups in total. The summed E-state index contributed by atoms with van der Waals surface area (Å²) in [4.78, 5) is 13.3. The van der Waals surface area contributed by atoms with Gasteiger partial charge in [-0.25, -0.2) is 4.39 Å². The van der Waals surface area contributed by atoms with E-state index in [1.807, 2.05) is 18.3 Å². The first-order chi connectivity index (χ1) is 13.7. The lowest BCUT2D eigenvalue weighted by molar-refractivity contribution is 0.200. The molecule has 0 radical (unpaired) electrons. The van der Waals surface area contributed by atoms with E-state index in [2.05, 4.69) is 53.2 Å². The van der Waals surface area contributed by atoms with Gasteiger partial charge in [0.2, 0.25) is 0 Å². The molecule has 2 aliphatic rings. The van der Waals surface area contributed by atoms with Gasteiger partial charge in [-0.05, 0) is 60.1 Å². The second-order valence-electron chi connectivity index (χ2n) is 7.37. The zero-order valence-electron chi connectivity index (χ0n) is 15.8. The van der Waals surface area contributed by atoms with Gasteiger partial charge in [-0.1, -0.05) is 6.08 Å². The number of hydrogen-bond donors (Lipinski definition) is 1. The minimum Gasteiger partial charge on any atom is -0.365 e. The Bertz CT molecular complexity index is 818. The summed E-state index contributed by atoms with van der Waals surface area (Å²) in [5, 5.41) is 3.63. The van der Waals surface area contributed by atoms with E-state index in [9.17, 15) is 4.39 Å². The summed E-state index contributed by atoms with van der Waals surface area (Å²) >= 11 is 3.42. The van der Waals surface area contributed by atoms with Crippen molar-refractivity contribution < 1.29 is 4.39 Å². The van der Waals surface area contributed by atoms with Gasteiger partial charge in [-0.15, -0.1) is 0 Å². The van der Waals surface area contributed by atoms with Crippen molar-refractivity contribution in [2.45, 2.75) is 25.4 Å². The van der Waals surface area contributed by atoms with E-state index in [0.717, 1.165) is 73.7 Å². The number of hydrogen-bond acceptors (Lipinski definition) is 5. The van der Waals surface area contributed by atoms with Gasteiger partial charge < -0.3 is 15.1 Å². The first-order valence-corrected chi connectivity index (χ1v) is 10.6. The van der Waals surface area contributed by atoms with Crippen LogP contribution in [0.25, 0.3) is 6.08 Å². The molecular weight excluding hydrogens is 421 g/mol. The van der Waals surface area contributed by atoms with Gasteiger partial charge in [0, 0.05) is 49.0 Å². The SMILES string of the molecule is Fc1cnc2c(c1)N(CCN1CCC(NCc3ccc(Br)cn3)CC1)CC=C2. The molecule has 1 fully saturated rings. The third kappa shape index (κ3) is 4.96. The highest BCUT2D eigenvalue weighted by Gasteiger charge is 2.21. The minimum atomic E-state index is -0.272. The molecule has 0 aromatic carbocycles. The molecule has 0 saturated carbocycles. The van der Waals surface area contributed by atoms with Gasteiger partial charge >= 0.3 is 0 Å². The Labute approximate surface area is 173 Å². The summed E-state index contributed by atoms with van der Waals surface area (Å²) in [6.45, 7) is 5.69. The van der Waals surface area contributed by atoms with Crippen molar-refractivity contribution in [3.63, 3.8) is 0 Å². The highest BCUT2D eigenvalue weighted by Crippen LogP contribution is 2.24. The number of rotatable bonds is 6. The fourth-order valence-electron chi connectivity index (χ4n) is 3.81. The average molecular weight is 446 g/mol. The molecule has 0 aliphatic carbocycles. The van der Waals surface area contributed by atoms with E-state index in [1.165, 1.54) is 6.20 Å². The summed E-state index contributed by atoms with van der Waals surface area (Å²) in [5.41, 5.74) is 2.83. The standard InChI is InChI=1S/C21H25BrFN5/c22-16-3-4-19(24-13-16)15-25-18-5-8-27(9-6-18)10-11-28-7-1-2-20-21(28)12-17(23)14-26-20/h1-4,12-14,18,25H,5-11,15H2. The topological polar surface area (TPSA) is 44.3 Å². The molecule has 0 unspecified atom stereocenters. The van der Waals surface area contributed by atoms with Crippen molar-refractivity contribution in [2.24, 2.45) is 0 Å². The predicted octanol–water partition coefficient (Wildman–Crippen LogP) is 3.47. The number of nitrogens with one attached hydrogen (secondary N) is 1. The van der Waals surface area contributed by atoms with Gasteiger partial charge in [0.25, 0.3) is 0 Å². The van der Waals surface area contributed by atoms with Gasteiger partial charge in [0.05, 0.1) is 23.3 Å². The lowest BCUT2D eigenvalue weighted by Crippen LogP contribution is -2.45. The molecule has 4 heterocycles. The van der Waals surface area contributed by atoms with Crippen LogP contribution in [-0.4, -0.2) is 53.6 Å². The molecule has 2 aromatic rings. The normalized spacial score (nSPS) is 17.7. The molecule has 0 amide bonds. The Balaban J connectivity index is 1.21. The molecule has 4 rings (SSSR count). The van der Waals surface area contributed by atoms with Crippen LogP contribution >= 0.6 is 15.9 Å². The number of fused-ring (bicyclic) bond motifs is 1. The van der Waals surface area contributed by atoms with Crippen molar-refractivity contribution in [2.75, 3.05) is 37.6 Å². The highest BCUT2D eigenvalue weighted by molar-refractivity contribution is 9.10. The van der Waals surface area contributed by atoms with Crippen molar-refractivity contribution in [1.29, 1.82) is 0 Å². The Hall–Kier alpha value is -1.83. The van der Waals surface area contributed by atoms with E-state index in [1.54, 1.807) is 6.07 Å². The number of halogens is 2. The van der Waals surface area contributed by atoms with Gasteiger partial charge in [-0.2, -0.15) is 0 Å². The van der Waals surface area contributed by atoms with Crippen molar-refractivity contribution >= 4 is 27.7 Å². The summed E-state index contributed by atoms with van der Waals surface area (Å²) in [6, 6.07) is 6.22. The van der Waals surface area contributed by atoms with Crippen LogP contribution in [0.3, 0.4) is 0 Å². The summed E-state index contributed by atoms with van der Waals surface area (Å²) < 4.78 is 14.6. The maximum absolute atomic E-state index is 13.6. The molecule has 7 heteroatoms. The summed E-state index contributed by atoms with van der Waals surface area (Å²) in [7, 11) is 0. The third-order valence-corrected chi connectivity index (χ3v) is 5.91. The Morgan fingerprint density at radius 1 is 1.14 bits per heavy atom. The van der Waals surface area contributed by atoms with E-state index in [4.69, 9.17) is 0 Å². The van der Waals surface area contributed by atoms with Crippen molar-refractivity contribution in [3.8, 4) is 0 Å². The van der Waals surface area contributed by atoms with E-state index >= 15 is 0 Å². The molecule has 0 spiro atoms. The number of aromatic nitrogens is 2. The number of nitrogens with zero attached hydrogens (tertiary/aromatic N) is 4. The van der Waals surface area contributed by atoms with E-state index in [-0.39, 0.29) is 5.82 Å². The number of pyridine rings is 2. The van der Waals surface area contributed by atoms with E-state index in [0.29, 0.717) is 6.04 Å². The molecule has 0 bridgehead atoms. The number of likely N-dealkylation sites (tertiary alicyclic amines) is 1. The molecular formula is C21H25BrFN5. The van der Waals surface area contributed by atoms with Crippen LogP contribution in [0.2, 0.25) is 0 Å². The molecule has 148 valence electrons. The summed E-state index contributed by atoms with van der Waals surface area (Å²) in [6.07, 6.45) is 9.48. The van der Waals surface area contributed by atoms with Crippen LogP contribution in [0.5, 0.6) is 0 Å². The highest BCUT2D eigenvalue weighted by atomic mass is 79.9. The van der Waals surface area contributed by atoms with Gasteiger partial charge in [-0.3, -0.25) is 9.97 Å².